The molecule has 27 heavy (non-hydrogen) atoms. The van der Waals surface area contributed by atoms with Gasteiger partial charge in [0, 0.05) is 16.4 Å². The summed E-state index contributed by atoms with van der Waals surface area (Å²) in [6.45, 7) is 1.72. The SMILES string of the molecule is COC(=O)C1=C(C)N(c2ccc(Cl)cc2)C(=O)/C1=C\c1ccc(OC)cc1. The van der Waals surface area contributed by atoms with Crippen molar-refractivity contribution in [2.45, 2.75) is 6.92 Å². The molecule has 6 heteroatoms. The predicted molar refractivity (Wildman–Crippen MR) is 105 cm³/mol. The van der Waals surface area contributed by atoms with Gasteiger partial charge in [0.15, 0.2) is 0 Å². The van der Waals surface area contributed by atoms with Crippen LogP contribution in [0.15, 0.2) is 65.4 Å². The summed E-state index contributed by atoms with van der Waals surface area (Å²) in [5, 5.41) is 0.564. The van der Waals surface area contributed by atoms with Crippen LogP contribution in [0.25, 0.3) is 6.08 Å². The van der Waals surface area contributed by atoms with E-state index in [-0.39, 0.29) is 17.1 Å². The number of nitrogens with zero attached hydrogens (tertiary/aromatic N) is 1. The Labute approximate surface area is 162 Å². The van der Waals surface area contributed by atoms with Crippen molar-refractivity contribution >= 4 is 35.2 Å². The fourth-order valence-electron chi connectivity index (χ4n) is 2.95. The van der Waals surface area contributed by atoms with Gasteiger partial charge in [-0.05, 0) is 55.0 Å². The van der Waals surface area contributed by atoms with Gasteiger partial charge in [0.25, 0.3) is 5.91 Å². The number of hydrogen-bond acceptors (Lipinski definition) is 4. The minimum atomic E-state index is -0.558. The van der Waals surface area contributed by atoms with Crippen molar-refractivity contribution in [3.05, 3.63) is 76.0 Å². The molecule has 0 N–H and O–H groups in total. The van der Waals surface area contributed by atoms with Gasteiger partial charge in [0.2, 0.25) is 0 Å². The maximum absolute atomic E-state index is 13.1. The molecule has 0 bridgehead atoms. The van der Waals surface area contributed by atoms with Gasteiger partial charge in [-0.3, -0.25) is 9.69 Å². The molecule has 2 aromatic rings. The summed E-state index contributed by atoms with van der Waals surface area (Å²) in [5.41, 5.74) is 2.43. The fourth-order valence-corrected chi connectivity index (χ4v) is 3.07. The highest BCUT2D eigenvalue weighted by Gasteiger charge is 2.37. The number of methoxy groups -OCH3 is 2. The van der Waals surface area contributed by atoms with Crippen LogP contribution in [-0.4, -0.2) is 26.1 Å². The molecule has 138 valence electrons. The van der Waals surface area contributed by atoms with Gasteiger partial charge in [-0.25, -0.2) is 4.79 Å². The first kappa shape index (κ1) is 18.7. The topological polar surface area (TPSA) is 55.8 Å². The Hall–Kier alpha value is -3.05. The Bertz CT molecular complexity index is 943. The van der Waals surface area contributed by atoms with E-state index < -0.39 is 5.97 Å². The lowest BCUT2D eigenvalue weighted by atomic mass is 10.0. The summed E-state index contributed by atoms with van der Waals surface area (Å²) in [4.78, 5) is 27.0. The van der Waals surface area contributed by atoms with Crippen LogP contribution in [0.4, 0.5) is 5.69 Å². The zero-order valence-corrected chi connectivity index (χ0v) is 15.9. The Balaban J connectivity index is 2.09. The number of carbonyl (C=O) groups is 2. The van der Waals surface area contributed by atoms with Gasteiger partial charge in [-0.1, -0.05) is 23.7 Å². The molecule has 1 amide bonds. The molecule has 1 aliphatic rings. The fraction of sp³-hybridized carbons (Fsp3) is 0.143. The lowest BCUT2D eigenvalue weighted by molar-refractivity contribution is -0.136. The van der Waals surface area contributed by atoms with Gasteiger partial charge in [-0.15, -0.1) is 0 Å². The van der Waals surface area contributed by atoms with E-state index >= 15 is 0 Å². The molecule has 1 aliphatic heterocycles. The van der Waals surface area contributed by atoms with Crippen LogP contribution < -0.4 is 9.64 Å². The lowest BCUT2D eigenvalue weighted by Gasteiger charge is -2.17. The standard InChI is InChI=1S/C21H18ClNO4/c1-13-19(21(25)27-3)18(12-14-4-10-17(26-2)11-5-14)20(24)23(13)16-8-6-15(22)7-9-16/h4-12H,1-3H3/b18-12-. The summed E-state index contributed by atoms with van der Waals surface area (Å²) in [6.07, 6.45) is 1.67. The van der Waals surface area contributed by atoms with Crippen LogP contribution >= 0.6 is 11.6 Å². The second kappa shape index (κ2) is 7.68. The van der Waals surface area contributed by atoms with E-state index in [9.17, 15) is 9.59 Å². The van der Waals surface area contributed by atoms with Crippen molar-refractivity contribution in [3.8, 4) is 5.75 Å². The number of esters is 1. The van der Waals surface area contributed by atoms with Gasteiger partial charge in [0.1, 0.15) is 5.75 Å². The number of rotatable bonds is 4. The van der Waals surface area contributed by atoms with Crippen molar-refractivity contribution in [1.82, 2.24) is 0 Å². The Kier molecular flexibility index (Phi) is 5.33. The van der Waals surface area contributed by atoms with E-state index in [1.165, 1.54) is 12.0 Å². The largest absolute Gasteiger partial charge is 0.497 e. The van der Waals surface area contributed by atoms with Gasteiger partial charge < -0.3 is 9.47 Å². The summed E-state index contributed by atoms with van der Waals surface area (Å²) >= 11 is 5.94. The minimum absolute atomic E-state index is 0.244. The van der Waals surface area contributed by atoms with Crippen LogP contribution in [-0.2, 0) is 14.3 Å². The van der Waals surface area contributed by atoms with Crippen LogP contribution in [0.1, 0.15) is 12.5 Å². The van der Waals surface area contributed by atoms with Crippen molar-refractivity contribution < 1.29 is 19.1 Å². The van der Waals surface area contributed by atoms with E-state index in [0.29, 0.717) is 22.2 Å². The normalized spacial score (nSPS) is 15.5. The Morgan fingerprint density at radius 1 is 1.04 bits per heavy atom. The third-order valence-electron chi connectivity index (χ3n) is 4.30. The van der Waals surface area contributed by atoms with E-state index in [1.807, 2.05) is 12.1 Å². The first-order valence-electron chi connectivity index (χ1n) is 8.21. The maximum Gasteiger partial charge on any atom is 0.340 e. The number of hydrogen-bond donors (Lipinski definition) is 0. The molecule has 0 aliphatic carbocycles. The molecule has 5 nitrogen and oxygen atoms in total. The van der Waals surface area contributed by atoms with Crippen LogP contribution in [0.5, 0.6) is 5.75 Å². The maximum atomic E-state index is 13.1. The third kappa shape index (κ3) is 3.59. The molecule has 3 rings (SSSR count). The summed E-state index contributed by atoms with van der Waals surface area (Å²) in [5.74, 6) is -0.152. The Morgan fingerprint density at radius 2 is 1.67 bits per heavy atom. The third-order valence-corrected chi connectivity index (χ3v) is 4.55. The van der Waals surface area contributed by atoms with Crippen molar-refractivity contribution in [3.63, 3.8) is 0 Å². The highest BCUT2D eigenvalue weighted by Crippen LogP contribution is 2.35. The van der Waals surface area contributed by atoms with Crippen molar-refractivity contribution in [1.29, 1.82) is 0 Å². The molecule has 0 saturated heterocycles. The molecule has 0 spiro atoms. The summed E-state index contributed by atoms with van der Waals surface area (Å²) in [6, 6.07) is 14.1. The number of carbonyl (C=O) groups excluding carboxylic acids is 2. The molecular formula is C21H18ClNO4. The molecule has 0 unspecified atom stereocenters. The number of benzene rings is 2. The average molecular weight is 384 g/mol. The molecule has 0 aromatic heterocycles. The van der Waals surface area contributed by atoms with Gasteiger partial charge >= 0.3 is 5.97 Å². The molecule has 1 heterocycles. The minimum Gasteiger partial charge on any atom is -0.497 e. The number of ether oxygens (including phenoxy) is 2. The number of allylic oxidation sites excluding steroid dienone is 1. The molecule has 0 radical (unpaired) electrons. The van der Waals surface area contributed by atoms with E-state index in [1.54, 1.807) is 56.5 Å². The van der Waals surface area contributed by atoms with E-state index in [2.05, 4.69) is 0 Å². The molecular weight excluding hydrogens is 366 g/mol. The quantitative estimate of drug-likeness (QED) is 0.585. The van der Waals surface area contributed by atoms with Crippen molar-refractivity contribution in [2.75, 3.05) is 19.1 Å². The van der Waals surface area contributed by atoms with E-state index in [0.717, 1.165) is 5.56 Å². The Morgan fingerprint density at radius 3 is 2.22 bits per heavy atom. The second-order valence-electron chi connectivity index (χ2n) is 5.90. The van der Waals surface area contributed by atoms with Crippen LogP contribution in [0.2, 0.25) is 5.02 Å². The second-order valence-corrected chi connectivity index (χ2v) is 6.34. The number of halogens is 1. The lowest BCUT2D eigenvalue weighted by Crippen LogP contribution is -2.24. The average Bonchev–Trinajstić information content (AvgIpc) is 2.92. The first-order chi connectivity index (χ1) is 13.0. The van der Waals surface area contributed by atoms with Gasteiger partial charge in [-0.2, -0.15) is 0 Å². The number of anilines is 1. The predicted octanol–water partition coefficient (Wildman–Crippen LogP) is 4.23. The number of amides is 1. The first-order valence-corrected chi connectivity index (χ1v) is 8.59. The highest BCUT2D eigenvalue weighted by molar-refractivity contribution is 6.30. The zero-order valence-electron chi connectivity index (χ0n) is 15.2. The molecule has 0 saturated carbocycles. The van der Waals surface area contributed by atoms with Crippen molar-refractivity contribution in [2.24, 2.45) is 0 Å². The van der Waals surface area contributed by atoms with Crippen LogP contribution in [0.3, 0.4) is 0 Å². The zero-order chi connectivity index (χ0) is 19.6. The summed E-state index contributed by atoms with van der Waals surface area (Å²) < 4.78 is 10.1. The highest BCUT2D eigenvalue weighted by atomic mass is 35.5. The summed E-state index contributed by atoms with van der Waals surface area (Å²) in [7, 11) is 2.88. The smallest absolute Gasteiger partial charge is 0.340 e. The van der Waals surface area contributed by atoms with E-state index in [4.69, 9.17) is 21.1 Å². The molecule has 0 fully saturated rings. The van der Waals surface area contributed by atoms with Crippen LogP contribution in [0, 0.1) is 0 Å². The van der Waals surface area contributed by atoms with Gasteiger partial charge in [0.05, 0.1) is 25.4 Å². The molecule has 0 atom stereocenters. The molecule has 2 aromatic carbocycles. The monoisotopic (exact) mass is 383 g/mol.